The molecule has 0 amide bonds. The Labute approximate surface area is 123 Å². The summed E-state index contributed by atoms with van der Waals surface area (Å²) in [6.07, 6.45) is 0. The SMILES string of the molecule is O=Pc1cccc(-c2ccccc2O)n1.[La]. The molecule has 0 aliphatic carbocycles. The van der Waals surface area contributed by atoms with E-state index >= 15 is 0 Å². The van der Waals surface area contributed by atoms with Crippen LogP contribution in [0, 0.1) is 35.6 Å². The van der Waals surface area contributed by atoms with Gasteiger partial charge in [0.25, 0.3) is 0 Å². The number of pyridine rings is 1. The van der Waals surface area contributed by atoms with Crippen LogP contribution in [0.15, 0.2) is 42.5 Å². The molecule has 5 heteroatoms. The first-order valence-electron chi connectivity index (χ1n) is 4.40. The van der Waals surface area contributed by atoms with Crippen LogP contribution in [0.2, 0.25) is 0 Å². The molecule has 0 atom stereocenters. The van der Waals surface area contributed by atoms with Gasteiger partial charge in [-0.3, -0.25) is 4.57 Å². The van der Waals surface area contributed by atoms with Crippen LogP contribution < -0.4 is 5.44 Å². The van der Waals surface area contributed by atoms with Crippen molar-refractivity contribution in [2.45, 2.75) is 0 Å². The van der Waals surface area contributed by atoms with Gasteiger partial charge >= 0.3 is 0 Å². The third-order valence-corrected chi connectivity index (χ3v) is 2.44. The Kier molecular flexibility index (Phi) is 5.29. The van der Waals surface area contributed by atoms with Gasteiger partial charge in [0.15, 0.2) is 0 Å². The molecule has 0 spiro atoms. The number of nitrogens with zero attached hydrogens (tertiary/aromatic N) is 1. The van der Waals surface area contributed by atoms with Gasteiger partial charge in [-0.2, -0.15) is 0 Å². The van der Waals surface area contributed by atoms with Crippen molar-refractivity contribution in [3.63, 3.8) is 0 Å². The molecule has 2 rings (SSSR count). The zero-order valence-corrected chi connectivity index (χ0v) is 12.9. The van der Waals surface area contributed by atoms with Crippen molar-refractivity contribution >= 4 is 13.9 Å². The van der Waals surface area contributed by atoms with Crippen LogP contribution in [0.5, 0.6) is 5.75 Å². The molecule has 0 aliphatic heterocycles. The number of benzene rings is 1. The van der Waals surface area contributed by atoms with Crippen molar-refractivity contribution in [3.05, 3.63) is 42.5 Å². The number of phenolic OH excluding ortho intramolecular Hbond substituents is 1. The quantitative estimate of drug-likeness (QED) is 0.841. The van der Waals surface area contributed by atoms with Crippen molar-refractivity contribution in [1.82, 2.24) is 4.98 Å². The van der Waals surface area contributed by atoms with Gasteiger partial charge in [-0.25, -0.2) is 4.98 Å². The van der Waals surface area contributed by atoms with Crippen molar-refractivity contribution < 1.29 is 45.3 Å². The molecule has 0 bridgehead atoms. The Hall–Kier alpha value is -0.535. The maximum atomic E-state index is 10.6. The Balaban J connectivity index is 0.00000128. The number of rotatable bonds is 2. The number of para-hydroxylation sites is 1. The molecule has 16 heavy (non-hydrogen) atoms. The summed E-state index contributed by atoms with van der Waals surface area (Å²) in [4.78, 5) is 4.14. The fourth-order valence-electron chi connectivity index (χ4n) is 1.31. The summed E-state index contributed by atoms with van der Waals surface area (Å²) >= 11 is 0. The fraction of sp³-hybridized carbons (Fsp3) is 0. The van der Waals surface area contributed by atoms with Crippen molar-refractivity contribution in [2.75, 3.05) is 0 Å². The molecule has 0 unspecified atom stereocenters. The minimum absolute atomic E-state index is 0. The minimum Gasteiger partial charge on any atom is -0.507 e. The van der Waals surface area contributed by atoms with E-state index in [4.69, 9.17) is 0 Å². The van der Waals surface area contributed by atoms with E-state index in [0.717, 1.165) is 0 Å². The van der Waals surface area contributed by atoms with Gasteiger partial charge in [-0.1, -0.05) is 18.2 Å². The number of phenols is 1. The normalized spacial score (nSPS) is 9.75. The Morgan fingerprint density at radius 1 is 1.06 bits per heavy atom. The van der Waals surface area contributed by atoms with Gasteiger partial charge in [-0.15, -0.1) is 0 Å². The predicted molar refractivity (Wildman–Crippen MR) is 58.6 cm³/mol. The van der Waals surface area contributed by atoms with Crippen molar-refractivity contribution in [3.8, 4) is 17.0 Å². The molecule has 77 valence electrons. The Bertz CT molecular complexity index is 505. The molecular weight excluding hydrogens is 348 g/mol. The monoisotopic (exact) mass is 356 g/mol. The van der Waals surface area contributed by atoms with E-state index < -0.39 is 0 Å². The number of hydrogen-bond donors (Lipinski definition) is 1. The molecule has 2 aromatic rings. The van der Waals surface area contributed by atoms with Crippen LogP contribution in [0.1, 0.15) is 0 Å². The molecule has 1 heterocycles. The molecule has 1 aromatic carbocycles. The molecule has 1 radical (unpaired) electrons. The zero-order valence-electron chi connectivity index (χ0n) is 8.37. The van der Waals surface area contributed by atoms with Gasteiger partial charge in [0.05, 0.1) is 5.69 Å². The van der Waals surface area contributed by atoms with E-state index in [2.05, 4.69) is 4.98 Å². The van der Waals surface area contributed by atoms with Gasteiger partial charge in [0.2, 0.25) is 8.46 Å². The second kappa shape index (κ2) is 6.26. The van der Waals surface area contributed by atoms with Crippen LogP contribution >= 0.6 is 8.46 Å². The van der Waals surface area contributed by atoms with Crippen LogP contribution in [0.25, 0.3) is 11.3 Å². The van der Waals surface area contributed by atoms with E-state index in [0.29, 0.717) is 16.7 Å². The summed E-state index contributed by atoms with van der Waals surface area (Å²) in [6, 6.07) is 12.1. The minimum atomic E-state index is -0.117. The van der Waals surface area contributed by atoms with E-state index in [9.17, 15) is 9.67 Å². The van der Waals surface area contributed by atoms with Gasteiger partial charge in [0, 0.05) is 41.2 Å². The largest absolute Gasteiger partial charge is 0.507 e. The first-order valence-corrected chi connectivity index (χ1v) is 5.21. The summed E-state index contributed by atoms with van der Waals surface area (Å²) in [5.41, 5.74) is 1.72. The zero-order chi connectivity index (χ0) is 10.7. The molecule has 0 saturated carbocycles. The molecule has 3 nitrogen and oxygen atoms in total. The van der Waals surface area contributed by atoms with Crippen molar-refractivity contribution in [1.29, 1.82) is 0 Å². The second-order valence-corrected chi connectivity index (χ2v) is 3.63. The molecule has 1 aromatic heterocycles. The van der Waals surface area contributed by atoms with E-state index in [1.807, 2.05) is 6.07 Å². The molecule has 1 N–H and O–H groups in total. The first kappa shape index (κ1) is 13.5. The third-order valence-electron chi connectivity index (χ3n) is 2.01. The maximum Gasteiger partial charge on any atom is 0.212 e. The number of hydrogen-bond acceptors (Lipinski definition) is 3. The molecule has 0 fully saturated rings. The fourth-order valence-corrected chi connectivity index (χ4v) is 1.61. The van der Waals surface area contributed by atoms with E-state index in [1.165, 1.54) is 0 Å². The summed E-state index contributed by atoms with van der Waals surface area (Å²) < 4.78 is 10.6. The summed E-state index contributed by atoms with van der Waals surface area (Å²) in [5.74, 6) is 0.171. The Morgan fingerprint density at radius 3 is 2.50 bits per heavy atom. The van der Waals surface area contributed by atoms with E-state index in [1.54, 1.807) is 36.4 Å². The maximum absolute atomic E-state index is 10.6. The smallest absolute Gasteiger partial charge is 0.212 e. The standard InChI is InChI=1S/C11H8NO2P.La/c13-10-6-2-1-4-8(10)9-5-3-7-11(12-9)15-14;/h1-7,13H;. The predicted octanol–water partition coefficient (Wildman–Crippen LogP) is 2.37. The number of aromatic hydroxyl groups is 1. The summed E-state index contributed by atoms with van der Waals surface area (Å²) in [6.45, 7) is 0. The van der Waals surface area contributed by atoms with Crippen LogP contribution in [-0.2, 0) is 4.57 Å². The van der Waals surface area contributed by atoms with Gasteiger partial charge in [0.1, 0.15) is 11.2 Å². The van der Waals surface area contributed by atoms with Crippen LogP contribution in [0.4, 0.5) is 0 Å². The van der Waals surface area contributed by atoms with Gasteiger partial charge < -0.3 is 5.11 Å². The summed E-state index contributed by atoms with van der Waals surface area (Å²) in [7, 11) is -0.117. The van der Waals surface area contributed by atoms with Crippen LogP contribution in [-0.4, -0.2) is 10.1 Å². The molecule has 0 saturated heterocycles. The topological polar surface area (TPSA) is 50.2 Å². The van der Waals surface area contributed by atoms with E-state index in [-0.39, 0.29) is 49.8 Å². The van der Waals surface area contributed by atoms with Gasteiger partial charge in [-0.05, 0) is 24.3 Å². The summed E-state index contributed by atoms with van der Waals surface area (Å²) in [5, 5.41) is 9.61. The first-order chi connectivity index (χ1) is 7.31. The third kappa shape index (κ3) is 2.99. The average molecular weight is 356 g/mol. The van der Waals surface area contributed by atoms with Crippen molar-refractivity contribution in [2.24, 2.45) is 0 Å². The number of aromatic nitrogens is 1. The second-order valence-electron chi connectivity index (χ2n) is 2.99. The van der Waals surface area contributed by atoms with Crippen LogP contribution in [0.3, 0.4) is 0 Å². The average Bonchev–Trinajstić information content (AvgIpc) is 2.30. The molecular formula is C11H8LaNO2P. The molecule has 0 aliphatic rings. The Morgan fingerprint density at radius 2 is 1.81 bits per heavy atom.